The molecule has 6 aliphatic heterocycles. The predicted octanol–water partition coefficient (Wildman–Crippen LogP) is 1.76. The molecule has 1 aromatic rings. The first-order valence-electron chi connectivity index (χ1n) is 14.4. The van der Waals surface area contributed by atoms with Gasteiger partial charge in [0, 0.05) is 0 Å². The van der Waals surface area contributed by atoms with Gasteiger partial charge in [0.2, 0.25) is 0 Å². The Balaban J connectivity index is 1.00. The summed E-state index contributed by atoms with van der Waals surface area (Å²) < 4.78 is 69.1. The minimum atomic E-state index is -0.777. The second kappa shape index (κ2) is 9.60. The fourth-order valence-corrected chi connectivity index (χ4v) is 6.61. The summed E-state index contributed by atoms with van der Waals surface area (Å²) >= 11 is 0. The second-order valence-electron chi connectivity index (χ2n) is 13.3. The monoisotopic (exact) mass is 583 g/mol. The summed E-state index contributed by atoms with van der Waals surface area (Å²) in [5.74, 6) is -3.00. The van der Waals surface area contributed by atoms with Crippen molar-refractivity contribution in [3.05, 3.63) is 11.9 Å². The third-order valence-electron chi connectivity index (χ3n) is 8.06. The molecule has 1 aromatic heterocycles. The Morgan fingerprint density at radius 3 is 2.07 bits per heavy atom. The zero-order valence-electron chi connectivity index (χ0n) is 24.8. The fourth-order valence-electron chi connectivity index (χ4n) is 6.61. The highest BCUT2D eigenvalue weighted by Crippen LogP contribution is 2.46. The van der Waals surface area contributed by atoms with Crippen LogP contribution in [0.25, 0.3) is 0 Å². The van der Waals surface area contributed by atoms with Crippen molar-refractivity contribution in [1.29, 1.82) is 0 Å². The average molecular weight is 584 g/mol. The molecule has 0 unspecified atom stereocenters. The van der Waals surface area contributed by atoms with Crippen LogP contribution in [0, 0.1) is 0 Å². The topological polar surface area (TPSA) is 132 Å². The van der Waals surface area contributed by atoms with Gasteiger partial charge in [-0.1, -0.05) is 5.21 Å². The van der Waals surface area contributed by atoms with E-state index in [9.17, 15) is 0 Å². The maximum atomic E-state index is 6.41. The molecule has 0 bridgehead atoms. The molecule has 7 heterocycles. The van der Waals surface area contributed by atoms with Crippen LogP contribution >= 0.6 is 0 Å². The van der Waals surface area contributed by atoms with Crippen molar-refractivity contribution in [2.24, 2.45) is 0 Å². The van der Waals surface area contributed by atoms with Crippen LogP contribution in [-0.4, -0.2) is 106 Å². The van der Waals surface area contributed by atoms with Gasteiger partial charge >= 0.3 is 0 Å². The highest BCUT2D eigenvalue weighted by atomic mass is 16.9. The SMILES string of the molecule is CC1(C)O[C@H]2[C@@H](O1)[C@@H](COCc1cn([C@@H]3O[C@H]([C@H]4COC(C)(C)O4)[C@@H]4OC(C)(C)O[C@@H]43)nn1)O[C@@H]1OC(C)(C)O[C@@H]12. The van der Waals surface area contributed by atoms with Gasteiger partial charge in [-0.15, -0.1) is 5.10 Å². The van der Waals surface area contributed by atoms with Gasteiger partial charge in [0.25, 0.3) is 0 Å². The summed E-state index contributed by atoms with van der Waals surface area (Å²) in [5.41, 5.74) is 0.629. The highest BCUT2D eigenvalue weighted by molar-refractivity contribution is 5.03. The standard InChI is InChI=1S/C27H41N3O11/c1-24(2)32-12-15(35-24)16-18-20(39-26(5,6)37-18)22(34-16)30-9-13(28-29-30)10-31-11-14-17-19(38-25(3,4)36-17)21-23(33-14)41-27(7,8)40-21/h9,14-23H,10-12H2,1-8H3/t14-,15-,16-,17+,18+,19+,20+,21-,22-,23-/m1/s1. The van der Waals surface area contributed by atoms with Gasteiger partial charge in [-0.2, -0.15) is 0 Å². The fraction of sp³-hybridized carbons (Fsp3) is 0.926. The molecule has 6 aliphatic rings. The lowest BCUT2D eigenvalue weighted by Gasteiger charge is -2.37. The van der Waals surface area contributed by atoms with E-state index >= 15 is 0 Å². The molecule has 0 saturated carbocycles. The summed E-state index contributed by atoms with van der Waals surface area (Å²) in [7, 11) is 0. The molecule has 10 atom stereocenters. The number of fused-ring (bicyclic) bond motifs is 4. The first-order chi connectivity index (χ1) is 19.2. The minimum Gasteiger partial charge on any atom is -0.372 e. The zero-order chi connectivity index (χ0) is 28.9. The number of aromatic nitrogens is 3. The maximum Gasteiger partial charge on any atom is 0.190 e. The van der Waals surface area contributed by atoms with Crippen LogP contribution < -0.4 is 0 Å². The van der Waals surface area contributed by atoms with Crippen LogP contribution in [0.2, 0.25) is 0 Å². The van der Waals surface area contributed by atoms with Gasteiger partial charge in [0.1, 0.15) is 54.5 Å². The summed E-state index contributed by atoms with van der Waals surface area (Å²) in [5, 5.41) is 8.65. The number of nitrogens with zero attached hydrogens (tertiary/aromatic N) is 3. The lowest BCUT2D eigenvalue weighted by Crippen LogP contribution is -2.56. The van der Waals surface area contributed by atoms with Crippen molar-refractivity contribution < 1.29 is 52.1 Å². The Labute approximate surface area is 239 Å². The smallest absolute Gasteiger partial charge is 0.190 e. The summed E-state index contributed by atoms with van der Waals surface area (Å²) in [6.07, 6.45) is -2.24. The molecule has 0 aliphatic carbocycles. The van der Waals surface area contributed by atoms with Crippen molar-refractivity contribution >= 4 is 0 Å². The molecule has 14 nitrogen and oxygen atoms in total. The van der Waals surface area contributed by atoms with Crippen LogP contribution in [0.4, 0.5) is 0 Å². The normalized spacial score (nSPS) is 45.1. The molecule has 7 rings (SSSR count). The molecular weight excluding hydrogens is 542 g/mol. The molecule has 0 aromatic carbocycles. The van der Waals surface area contributed by atoms with Crippen molar-refractivity contribution in [2.45, 2.75) is 146 Å². The average Bonchev–Trinajstić information content (AvgIpc) is 3.66. The molecule has 230 valence electrons. The van der Waals surface area contributed by atoms with Gasteiger partial charge in [-0.25, -0.2) is 4.68 Å². The highest BCUT2D eigenvalue weighted by Gasteiger charge is 2.61. The maximum absolute atomic E-state index is 6.41. The largest absolute Gasteiger partial charge is 0.372 e. The lowest BCUT2D eigenvalue weighted by molar-refractivity contribution is -0.243. The van der Waals surface area contributed by atoms with E-state index in [0.717, 1.165) is 0 Å². The van der Waals surface area contributed by atoms with E-state index in [2.05, 4.69) is 10.3 Å². The molecule has 0 radical (unpaired) electrons. The molecule has 0 amide bonds. The molecule has 14 heteroatoms. The molecule has 41 heavy (non-hydrogen) atoms. The van der Waals surface area contributed by atoms with E-state index in [4.69, 9.17) is 52.1 Å². The Hall–Kier alpha value is -1.30. The van der Waals surface area contributed by atoms with Crippen LogP contribution in [0.3, 0.4) is 0 Å². The summed E-state index contributed by atoms with van der Waals surface area (Å²) in [4.78, 5) is 0. The van der Waals surface area contributed by atoms with E-state index in [1.54, 1.807) is 10.9 Å². The van der Waals surface area contributed by atoms with Crippen molar-refractivity contribution in [3.63, 3.8) is 0 Å². The molecule has 0 N–H and O–H groups in total. The predicted molar refractivity (Wildman–Crippen MR) is 135 cm³/mol. The third kappa shape index (κ3) is 5.35. The van der Waals surface area contributed by atoms with Crippen LogP contribution in [0.5, 0.6) is 0 Å². The molecule has 6 saturated heterocycles. The van der Waals surface area contributed by atoms with Crippen molar-refractivity contribution in [1.82, 2.24) is 15.0 Å². The van der Waals surface area contributed by atoms with Gasteiger partial charge in [-0.3, -0.25) is 0 Å². The molecular formula is C27H41N3O11. The Morgan fingerprint density at radius 1 is 0.732 bits per heavy atom. The van der Waals surface area contributed by atoms with E-state index in [1.165, 1.54) is 0 Å². The number of hydrogen-bond acceptors (Lipinski definition) is 13. The van der Waals surface area contributed by atoms with Crippen LogP contribution in [0.15, 0.2) is 6.20 Å². The Kier molecular flexibility index (Phi) is 6.66. The van der Waals surface area contributed by atoms with Gasteiger partial charge in [0.05, 0.1) is 26.0 Å². The number of rotatable bonds is 6. The van der Waals surface area contributed by atoms with Gasteiger partial charge < -0.3 is 52.1 Å². The van der Waals surface area contributed by atoms with Crippen molar-refractivity contribution in [2.75, 3.05) is 13.2 Å². The first kappa shape index (κ1) is 28.5. The quantitative estimate of drug-likeness (QED) is 0.482. The number of hydrogen-bond donors (Lipinski definition) is 0. The number of ether oxygens (including phenoxy) is 11. The van der Waals surface area contributed by atoms with Crippen LogP contribution in [-0.2, 0) is 58.7 Å². The minimum absolute atomic E-state index is 0.208. The zero-order valence-corrected chi connectivity index (χ0v) is 24.8. The van der Waals surface area contributed by atoms with E-state index in [-0.39, 0.29) is 55.9 Å². The van der Waals surface area contributed by atoms with Gasteiger partial charge in [-0.05, 0) is 55.4 Å². The molecule has 0 spiro atoms. The summed E-state index contributed by atoms with van der Waals surface area (Å²) in [6, 6.07) is 0. The van der Waals surface area contributed by atoms with E-state index in [1.807, 2.05) is 55.4 Å². The molecule has 6 fully saturated rings. The van der Waals surface area contributed by atoms with E-state index < -0.39 is 41.8 Å². The Morgan fingerprint density at radius 2 is 1.37 bits per heavy atom. The van der Waals surface area contributed by atoms with E-state index in [0.29, 0.717) is 12.3 Å². The van der Waals surface area contributed by atoms with Gasteiger partial charge in [0.15, 0.2) is 35.7 Å². The Bertz CT molecular complexity index is 1140. The third-order valence-corrected chi connectivity index (χ3v) is 8.06. The lowest BCUT2D eigenvalue weighted by atomic mass is 9.99. The second-order valence-corrected chi connectivity index (χ2v) is 13.3. The van der Waals surface area contributed by atoms with Crippen molar-refractivity contribution in [3.8, 4) is 0 Å². The van der Waals surface area contributed by atoms with Crippen LogP contribution in [0.1, 0.15) is 67.3 Å². The first-order valence-corrected chi connectivity index (χ1v) is 14.4. The summed E-state index contributed by atoms with van der Waals surface area (Å²) in [6.45, 7) is 15.9.